The first-order valence-electron chi connectivity index (χ1n) is 27.1. The second-order valence-electron chi connectivity index (χ2n) is 18.6. The summed E-state index contributed by atoms with van der Waals surface area (Å²) in [7, 11) is 0. The Labute approximate surface area is 380 Å². The Balaban J connectivity index is 3.47. The van der Waals surface area contributed by atoms with E-state index in [1.807, 2.05) is 6.08 Å². The van der Waals surface area contributed by atoms with Crippen molar-refractivity contribution in [1.29, 1.82) is 0 Å². The average Bonchev–Trinajstić information content (AvgIpc) is 3.26. The van der Waals surface area contributed by atoms with Gasteiger partial charge in [0.1, 0.15) is 0 Å². The molecule has 0 bridgehead atoms. The molecule has 0 heterocycles. The fourth-order valence-electron chi connectivity index (χ4n) is 8.27. The molecule has 2 atom stereocenters. The Morgan fingerprint density at radius 3 is 1.16 bits per heavy atom. The maximum absolute atomic E-state index is 12.4. The summed E-state index contributed by atoms with van der Waals surface area (Å²) in [6.07, 6.45) is 60.3. The summed E-state index contributed by atoms with van der Waals surface area (Å²) in [6, 6.07) is -0.635. The van der Waals surface area contributed by atoms with Crippen LogP contribution < -0.4 is 5.32 Å². The van der Waals surface area contributed by atoms with Crippen LogP contribution in [-0.2, 0) is 14.3 Å². The molecule has 0 rings (SSSR count). The van der Waals surface area contributed by atoms with Gasteiger partial charge in [-0.3, -0.25) is 9.59 Å². The van der Waals surface area contributed by atoms with E-state index in [0.29, 0.717) is 19.4 Å². The van der Waals surface area contributed by atoms with Crippen LogP contribution in [0, 0.1) is 0 Å². The number of carbonyl (C=O) groups is 2. The van der Waals surface area contributed by atoms with Gasteiger partial charge in [0.15, 0.2) is 0 Å². The monoisotopic (exact) mass is 860 g/mol. The predicted octanol–water partition coefficient (Wildman–Crippen LogP) is 16.3. The van der Waals surface area contributed by atoms with Gasteiger partial charge in [-0.2, -0.15) is 0 Å². The lowest BCUT2D eigenvalue weighted by Gasteiger charge is -2.20. The number of unbranched alkanes of at least 4 members (excludes halogenated alkanes) is 37. The van der Waals surface area contributed by atoms with Gasteiger partial charge in [0.05, 0.1) is 25.4 Å². The Kier molecular flexibility index (Phi) is 49.6. The second-order valence-corrected chi connectivity index (χ2v) is 18.6. The zero-order valence-electron chi connectivity index (χ0n) is 40.9. The molecule has 0 radical (unpaired) electrons. The number of carbonyl (C=O) groups excluding carboxylic acids is 2. The molecule has 0 aliphatic heterocycles. The molecular formula is C55H105NO5. The molecule has 6 nitrogen and oxygen atoms in total. The minimum atomic E-state index is -0.851. The van der Waals surface area contributed by atoms with Gasteiger partial charge in [-0.1, -0.05) is 244 Å². The van der Waals surface area contributed by atoms with Crippen LogP contribution in [0.15, 0.2) is 24.3 Å². The van der Waals surface area contributed by atoms with Crippen LogP contribution in [-0.4, -0.2) is 47.4 Å². The van der Waals surface area contributed by atoms with Gasteiger partial charge in [-0.15, -0.1) is 0 Å². The van der Waals surface area contributed by atoms with Gasteiger partial charge in [0, 0.05) is 12.8 Å². The molecule has 0 aliphatic rings. The van der Waals surface area contributed by atoms with Crippen LogP contribution >= 0.6 is 0 Å². The largest absolute Gasteiger partial charge is 0.466 e. The van der Waals surface area contributed by atoms with Crippen molar-refractivity contribution >= 4 is 11.9 Å². The number of hydrogen-bond acceptors (Lipinski definition) is 5. The summed E-state index contributed by atoms with van der Waals surface area (Å²) in [5, 5.41) is 23.1. The van der Waals surface area contributed by atoms with Gasteiger partial charge in [-0.05, 0) is 57.8 Å². The van der Waals surface area contributed by atoms with Crippen LogP contribution in [0.3, 0.4) is 0 Å². The topological polar surface area (TPSA) is 95.9 Å². The number of nitrogens with one attached hydrogen (secondary N) is 1. The SMILES string of the molecule is CCCCCCCC/C=C\CCCCCCCC(=O)OCCCCCCCCCCCCCCCCC(=O)NC(CO)C(O)/C=C/CCCCCCCCCCCCCCC. The summed E-state index contributed by atoms with van der Waals surface area (Å²) in [5.41, 5.74) is 0. The molecule has 2 unspecified atom stereocenters. The number of esters is 1. The molecule has 360 valence electrons. The number of hydrogen-bond donors (Lipinski definition) is 3. The summed E-state index contributed by atoms with van der Waals surface area (Å²) in [6.45, 7) is 4.88. The highest BCUT2D eigenvalue weighted by Crippen LogP contribution is 2.16. The molecule has 0 aliphatic carbocycles. The zero-order chi connectivity index (χ0) is 44.4. The smallest absolute Gasteiger partial charge is 0.305 e. The number of allylic oxidation sites excluding steroid dienone is 3. The lowest BCUT2D eigenvalue weighted by molar-refractivity contribution is -0.143. The quantitative estimate of drug-likeness (QED) is 0.0322. The van der Waals surface area contributed by atoms with Crippen molar-refractivity contribution in [2.45, 2.75) is 302 Å². The number of aliphatic hydroxyl groups excluding tert-OH is 2. The van der Waals surface area contributed by atoms with Crippen molar-refractivity contribution in [3.05, 3.63) is 24.3 Å². The molecule has 0 aromatic heterocycles. The maximum Gasteiger partial charge on any atom is 0.305 e. The van der Waals surface area contributed by atoms with E-state index < -0.39 is 12.1 Å². The fraction of sp³-hybridized carbons (Fsp3) is 0.891. The molecule has 0 fully saturated rings. The van der Waals surface area contributed by atoms with Gasteiger partial charge < -0.3 is 20.3 Å². The van der Waals surface area contributed by atoms with Crippen molar-refractivity contribution in [3.8, 4) is 0 Å². The molecule has 3 N–H and O–H groups in total. The Hall–Kier alpha value is -1.66. The fourth-order valence-corrected chi connectivity index (χ4v) is 8.27. The number of amides is 1. The highest BCUT2D eigenvalue weighted by atomic mass is 16.5. The first-order valence-corrected chi connectivity index (χ1v) is 27.1. The van der Waals surface area contributed by atoms with Crippen molar-refractivity contribution in [1.82, 2.24) is 5.32 Å². The molecular weight excluding hydrogens is 755 g/mol. The first-order chi connectivity index (χ1) is 30.0. The lowest BCUT2D eigenvalue weighted by atomic mass is 10.0. The van der Waals surface area contributed by atoms with Gasteiger partial charge in [0.2, 0.25) is 5.91 Å². The standard InChI is InChI=1S/C55H105NO5/c1-3-5-7-9-11-13-15-17-19-23-27-31-35-39-43-47-53(58)52(51-57)56-54(59)48-44-40-36-32-28-24-21-22-26-30-34-38-42-46-50-61-55(60)49-45-41-37-33-29-25-20-18-16-14-12-10-8-6-4-2/h18,20,43,47,52-53,57-58H,3-17,19,21-42,44-46,48-51H2,1-2H3,(H,56,59)/b20-18-,47-43+. The highest BCUT2D eigenvalue weighted by molar-refractivity contribution is 5.76. The van der Waals surface area contributed by atoms with Gasteiger partial charge in [0.25, 0.3) is 0 Å². The summed E-state index contributed by atoms with van der Waals surface area (Å²) < 4.78 is 5.46. The zero-order valence-corrected chi connectivity index (χ0v) is 40.9. The normalized spacial score (nSPS) is 12.8. The van der Waals surface area contributed by atoms with Crippen molar-refractivity contribution in [2.24, 2.45) is 0 Å². The van der Waals surface area contributed by atoms with E-state index in [1.54, 1.807) is 6.08 Å². The first kappa shape index (κ1) is 59.3. The lowest BCUT2D eigenvalue weighted by Crippen LogP contribution is -2.45. The van der Waals surface area contributed by atoms with E-state index >= 15 is 0 Å². The minimum Gasteiger partial charge on any atom is -0.466 e. The average molecular weight is 860 g/mol. The highest BCUT2D eigenvalue weighted by Gasteiger charge is 2.18. The van der Waals surface area contributed by atoms with Crippen LogP contribution in [0.4, 0.5) is 0 Å². The number of rotatable bonds is 50. The van der Waals surface area contributed by atoms with Crippen molar-refractivity contribution in [3.63, 3.8) is 0 Å². The van der Waals surface area contributed by atoms with E-state index in [-0.39, 0.29) is 18.5 Å². The van der Waals surface area contributed by atoms with Gasteiger partial charge in [-0.25, -0.2) is 0 Å². The molecule has 0 saturated heterocycles. The molecule has 0 spiro atoms. The van der Waals surface area contributed by atoms with E-state index in [1.165, 1.54) is 205 Å². The van der Waals surface area contributed by atoms with Crippen LogP contribution in [0.5, 0.6) is 0 Å². The third kappa shape index (κ3) is 47.7. The van der Waals surface area contributed by atoms with Crippen LogP contribution in [0.2, 0.25) is 0 Å². The van der Waals surface area contributed by atoms with Gasteiger partial charge >= 0.3 is 5.97 Å². The van der Waals surface area contributed by atoms with E-state index in [9.17, 15) is 19.8 Å². The van der Waals surface area contributed by atoms with E-state index in [0.717, 1.165) is 57.8 Å². The van der Waals surface area contributed by atoms with Crippen molar-refractivity contribution in [2.75, 3.05) is 13.2 Å². The Morgan fingerprint density at radius 2 is 0.770 bits per heavy atom. The minimum absolute atomic E-state index is 0.0114. The third-order valence-electron chi connectivity index (χ3n) is 12.5. The van der Waals surface area contributed by atoms with Crippen LogP contribution in [0.1, 0.15) is 290 Å². The predicted molar refractivity (Wildman–Crippen MR) is 264 cm³/mol. The summed E-state index contributed by atoms with van der Waals surface area (Å²) in [5.74, 6) is -0.0894. The molecule has 1 amide bonds. The third-order valence-corrected chi connectivity index (χ3v) is 12.5. The molecule has 6 heteroatoms. The second kappa shape index (κ2) is 51.0. The molecule has 0 aromatic rings. The van der Waals surface area contributed by atoms with E-state index in [2.05, 4.69) is 31.3 Å². The van der Waals surface area contributed by atoms with E-state index in [4.69, 9.17) is 4.74 Å². The summed E-state index contributed by atoms with van der Waals surface area (Å²) >= 11 is 0. The Morgan fingerprint density at radius 1 is 0.443 bits per heavy atom. The Bertz CT molecular complexity index is 951. The summed E-state index contributed by atoms with van der Waals surface area (Å²) in [4.78, 5) is 24.5. The molecule has 0 saturated carbocycles. The van der Waals surface area contributed by atoms with Crippen molar-refractivity contribution < 1.29 is 24.5 Å². The molecule has 61 heavy (non-hydrogen) atoms. The van der Waals surface area contributed by atoms with Crippen LogP contribution in [0.25, 0.3) is 0 Å². The number of ether oxygens (including phenoxy) is 1. The maximum atomic E-state index is 12.4. The number of aliphatic hydroxyl groups is 2. The molecule has 0 aromatic carbocycles.